The molecule has 1 aliphatic heterocycles. The van der Waals surface area contributed by atoms with Gasteiger partial charge in [0.2, 0.25) is 0 Å². The molecule has 1 saturated heterocycles. The molecule has 6 nitrogen and oxygen atoms in total. The average molecular weight is 455 g/mol. The van der Waals surface area contributed by atoms with Gasteiger partial charge in [0, 0.05) is 45.3 Å². The Bertz CT molecular complexity index is 346. The second-order valence-corrected chi connectivity index (χ2v) is 6.70. The number of rotatable bonds is 9. The van der Waals surface area contributed by atoms with Gasteiger partial charge in [0.15, 0.2) is 5.96 Å². The predicted molar refractivity (Wildman–Crippen MR) is 114 cm³/mol. The Hall–Kier alpha value is -0.120. The van der Waals surface area contributed by atoms with E-state index in [9.17, 15) is 0 Å². The molecule has 0 amide bonds. The van der Waals surface area contributed by atoms with Crippen molar-refractivity contribution >= 4 is 29.9 Å². The molecule has 7 heteroatoms. The first kappa shape index (κ1) is 23.9. The molecular formula is C17H38IN5O. The third-order valence-electron chi connectivity index (χ3n) is 4.49. The van der Waals surface area contributed by atoms with Crippen LogP contribution >= 0.6 is 24.0 Å². The van der Waals surface area contributed by atoms with Crippen LogP contribution in [-0.4, -0.2) is 87.4 Å². The van der Waals surface area contributed by atoms with Crippen LogP contribution in [0.1, 0.15) is 34.1 Å². The number of morpholine rings is 1. The molecule has 0 aromatic carbocycles. The molecule has 0 unspecified atom stereocenters. The molecule has 0 radical (unpaired) electrons. The van der Waals surface area contributed by atoms with Gasteiger partial charge < -0.3 is 20.3 Å². The summed E-state index contributed by atoms with van der Waals surface area (Å²) in [4.78, 5) is 9.28. The maximum Gasteiger partial charge on any atom is 0.191 e. The lowest BCUT2D eigenvalue weighted by atomic mass is 10.0. The highest BCUT2D eigenvalue weighted by atomic mass is 127. The largest absolute Gasteiger partial charge is 0.379 e. The van der Waals surface area contributed by atoms with Gasteiger partial charge in [-0.25, -0.2) is 0 Å². The van der Waals surface area contributed by atoms with Crippen molar-refractivity contribution in [3.8, 4) is 0 Å². The molecule has 24 heavy (non-hydrogen) atoms. The summed E-state index contributed by atoms with van der Waals surface area (Å²) >= 11 is 0. The molecule has 0 aromatic rings. The molecular weight excluding hydrogens is 417 g/mol. The zero-order valence-electron chi connectivity index (χ0n) is 16.2. The standard InChI is InChI=1S/C17H37N5O.HI/c1-6-9-21(7-2)10-8-19-16(18-5)20-15-17(3,4)22-11-13-23-14-12-22;/h6-15H2,1-5H3,(H2,18,19,20);1H. The highest BCUT2D eigenvalue weighted by Crippen LogP contribution is 2.14. The van der Waals surface area contributed by atoms with Crippen LogP contribution in [0, 0.1) is 0 Å². The van der Waals surface area contributed by atoms with Crippen LogP contribution in [0.2, 0.25) is 0 Å². The monoisotopic (exact) mass is 455 g/mol. The topological polar surface area (TPSA) is 52.1 Å². The van der Waals surface area contributed by atoms with Crippen LogP contribution in [0.5, 0.6) is 0 Å². The number of hydrogen-bond donors (Lipinski definition) is 2. The second kappa shape index (κ2) is 13.1. The summed E-state index contributed by atoms with van der Waals surface area (Å²) in [7, 11) is 1.83. The van der Waals surface area contributed by atoms with Gasteiger partial charge in [0.25, 0.3) is 0 Å². The van der Waals surface area contributed by atoms with Gasteiger partial charge in [-0.15, -0.1) is 24.0 Å². The average Bonchev–Trinajstić information content (AvgIpc) is 2.57. The van der Waals surface area contributed by atoms with Gasteiger partial charge in [-0.2, -0.15) is 0 Å². The highest BCUT2D eigenvalue weighted by Gasteiger charge is 2.28. The van der Waals surface area contributed by atoms with Crippen molar-refractivity contribution in [3.05, 3.63) is 0 Å². The Morgan fingerprint density at radius 3 is 2.38 bits per heavy atom. The van der Waals surface area contributed by atoms with E-state index in [1.165, 1.54) is 6.42 Å². The summed E-state index contributed by atoms with van der Waals surface area (Å²) in [5.41, 5.74) is 0.0963. The lowest BCUT2D eigenvalue weighted by Crippen LogP contribution is -2.56. The fraction of sp³-hybridized carbons (Fsp3) is 0.941. The number of halogens is 1. The number of ether oxygens (including phenoxy) is 1. The van der Waals surface area contributed by atoms with E-state index >= 15 is 0 Å². The lowest BCUT2D eigenvalue weighted by Gasteiger charge is -2.41. The van der Waals surface area contributed by atoms with Crippen molar-refractivity contribution in [1.29, 1.82) is 0 Å². The maximum absolute atomic E-state index is 5.44. The van der Waals surface area contributed by atoms with Crippen molar-refractivity contribution in [2.45, 2.75) is 39.7 Å². The quantitative estimate of drug-likeness (QED) is 0.315. The van der Waals surface area contributed by atoms with E-state index in [0.717, 1.165) is 65.0 Å². The first-order valence-corrected chi connectivity index (χ1v) is 9.03. The Morgan fingerprint density at radius 2 is 1.83 bits per heavy atom. The second-order valence-electron chi connectivity index (χ2n) is 6.70. The first-order valence-electron chi connectivity index (χ1n) is 9.03. The van der Waals surface area contributed by atoms with Crippen molar-refractivity contribution < 1.29 is 4.74 Å². The minimum Gasteiger partial charge on any atom is -0.379 e. The highest BCUT2D eigenvalue weighted by molar-refractivity contribution is 14.0. The van der Waals surface area contributed by atoms with Gasteiger partial charge in [0.1, 0.15) is 0 Å². The van der Waals surface area contributed by atoms with Crippen LogP contribution in [-0.2, 0) is 4.74 Å². The molecule has 0 bridgehead atoms. The maximum atomic E-state index is 5.44. The minimum atomic E-state index is 0. The Balaban J connectivity index is 0.00000529. The fourth-order valence-electron chi connectivity index (χ4n) is 2.88. The van der Waals surface area contributed by atoms with Gasteiger partial charge in [0.05, 0.1) is 13.2 Å². The van der Waals surface area contributed by atoms with E-state index in [2.05, 4.69) is 53.1 Å². The number of nitrogens with one attached hydrogen (secondary N) is 2. The van der Waals surface area contributed by atoms with Gasteiger partial charge in [-0.05, 0) is 33.4 Å². The predicted octanol–water partition coefficient (Wildman–Crippen LogP) is 1.61. The van der Waals surface area contributed by atoms with Crippen molar-refractivity contribution in [2.24, 2.45) is 4.99 Å². The summed E-state index contributed by atoms with van der Waals surface area (Å²) in [6.45, 7) is 17.8. The van der Waals surface area contributed by atoms with Crippen molar-refractivity contribution in [2.75, 3.05) is 66.1 Å². The van der Waals surface area contributed by atoms with Crippen LogP contribution < -0.4 is 10.6 Å². The molecule has 1 rings (SSSR count). The normalized spacial score (nSPS) is 16.8. The zero-order chi connectivity index (χ0) is 17.1. The molecule has 0 aliphatic carbocycles. The molecule has 1 aliphatic rings. The third kappa shape index (κ3) is 8.82. The summed E-state index contributed by atoms with van der Waals surface area (Å²) in [6, 6.07) is 0. The van der Waals surface area contributed by atoms with Gasteiger partial charge >= 0.3 is 0 Å². The molecule has 0 aromatic heterocycles. The summed E-state index contributed by atoms with van der Waals surface area (Å²) in [6.07, 6.45) is 1.20. The SMILES string of the molecule is CCCN(CC)CCNC(=NC)NCC(C)(C)N1CCOCC1.I. The smallest absolute Gasteiger partial charge is 0.191 e. The molecule has 0 spiro atoms. The first-order chi connectivity index (χ1) is 11.0. The van der Waals surface area contributed by atoms with Crippen molar-refractivity contribution in [1.82, 2.24) is 20.4 Å². The van der Waals surface area contributed by atoms with Crippen LogP contribution in [0.3, 0.4) is 0 Å². The van der Waals surface area contributed by atoms with Crippen molar-refractivity contribution in [3.63, 3.8) is 0 Å². The number of hydrogen-bond acceptors (Lipinski definition) is 4. The Labute approximate surface area is 165 Å². The minimum absolute atomic E-state index is 0. The van der Waals surface area contributed by atoms with E-state index in [1.807, 2.05) is 7.05 Å². The summed E-state index contributed by atoms with van der Waals surface area (Å²) in [5, 5.41) is 6.89. The number of likely N-dealkylation sites (N-methyl/N-ethyl adjacent to an activating group) is 1. The van der Waals surface area contributed by atoms with Crippen LogP contribution in [0.4, 0.5) is 0 Å². The number of guanidine groups is 1. The summed E-state index contributed by atoms with van der Waals surface area (Å²) in [5.74, 6) is 0.888. The zero-order valence-corrected chi connectivity index (χ0v) is 18.6. The molecule has 0 atom stereocenters. The summed E-state index contributed by atoms with van der Waals surface area (Å²) < 4.78 is 5.44. The number of aliphatic imine (C=N–C) groups is 1. The van der Waals surface area contributed by atoms with E-state index in [4.69, 9.17) is 4.74 Å². The van der Waals surface area contributed by atoms with Crippen LogP contribution in [0.15, 0.2) is 4.99 Å². The molecule has 144 valence electrons. The Kier molecular flexibility index (Phi) is 13.1. The van der Waals surface area contributed by atoms with E-state index in [1.54, 1.807) is 0 Å². The van der Waals surface area contributed by atoms with Gasteiger partial charge in [-0.1, -0.05) is 13.8 Å². The number of nitrogens with zero attached hydrogens (tertiary/aromatic N) is 3. The van der Waals surface area contributed by atoms with E-state index in [-0.39, 0.29) is 29.5 Å². The third-order valence-corrected chi connectivity index (χ3v) is 4.49. The van der Waals surface area contributed by atoms with E-state index < -0.39 is 0 Å². The van der Waals surface area contributed by atoms with Crippen LogP contribution in [0.25, 0.3) is 0 Å². The van der Waals surface area contributed by atoms with Gasteiger partial charge in [-0.3, -0.25) is 9.89 Å². The fourth-order valence-corrected chi connectivity index (χ4v) is 2.88. The van der Waals surface area contributed by atoms with E-state index in [0.29, 0.717) is 0 Å². The Morgan fingerprint density at radius 1 is 1.17 bits per heavy atom. The lowest BCUT2D eigenvalue weighted by molar-refractivity contribution is -0.00834. The molecule has 1 heterocycles. The molecule has 1 fully saturated rings. The molecule has 0 saturated carbocycles. The molecule has 2 N–H and O–H groups in total.